The van der Waals surface area contributed by atoms with Crippen LogP contribution in [0, 0.1) is 5.82 Å². The Morgan fingerprint density at radius 2 is 1.91 bits per heavy atom. The fourth-order valence-electron chi connectivity index (χ4n) is 2.50. The first-order valence-electron chi connectivity index (χ1n) is 7.53. The van der Waals surface area contributed by atoms with E-state index in [1.54, 1.807) is 13.2 Å². The van der Waals surface area contributed by atoms with Crippen LogP contribution in [-0.2, 0) is 6.42 Å². The molecule has 0 saturated carbocycles. The maximum atomic E-state index is 14.0. The molecule has 23 heavy (non-hydrogen) atoms. The van der Waals surface area contributed by atoms with E-state index in [-0.39, 0.29) is 17.5 Å². The van der Waals surface area contributed by atoms with Gasteiger partial charge in [-0.15, -0.1) is 0 Å². The van der Waals surface area contributed by atoms with Gasteiger partial charge >= 0.3 is 0 Å². The summed E-state index contributed by atoms with van der Waals surface area (Å²) in [6.07, 6.45) is 0.674. The lowest BCUT2D eigenvalue weighted by atomic mass is 9.92. The van der Waals surface area contributed by atoms with Gasteiger partial charge in [0.1, 0.15) is 5.75 Å². The van der Waals surface area contributed by atoms with Gasteiger partial charge in [-0.1, -0.05) is 23.7 Å². The monoisotopic (exact) mass is 337 g/mol. The Hall–Kier alpha value is -1.78. The van der Waals surface area contributed by atoms with Crippen LogP contribution in [0.5, 0.6) is 11.5 Å². The van der Waals surface area contributed by atoms with Crippen molar-refractivity contribution in [3.05, 3.63) is 58.4 Å². The number of ether oxygens (including phenoxy) is 2. The summed E-state index contributed by atoms with van der Waals surface area (Å²) in [5, 5.41) is 0.554. The molecule has 0 aliphatic rings. The molecule has 1 atom stereocenters. The van der Waals surface area contributed by atoms with Gasteiger partial charge in [-0.2, -0.15) is 0 Å². The minimum atomic E-state index is -0.365. The van der Waals surface area contributed by atoms with E-state index < -0.39 is 0 Å². The van der Waals surface area contributed by atoms with Crippen molar-refractivity contribution in [2.24, 2.45) is 5.73 Å². The van der Waals surface area contributed by atoms with E-state index in [1.807, 2.05) is 31.2 Å². The average Bonchev–Trinajstić information content (AvgIpc) is 2.55. The number of benzene rings is 2. The lowest BCUT2D eigenvalue weighted by Crippen LogP contribution is -2.15. The molecule has 1 unspecified atom stereocenters. The molecule has 0 amide bonds. The minimum absolute atomic E-state index is 0.00429. The summed E-state index contributed by atoms with van der Waals surface area (Å²) in [7, 11) is 1.58. The molecular weight excluding hydrogens is 317 g/mol. The third-order valence-corrected chi connectivity index (χ3v) is 4.01. The highest BCUT2D eigenvalue weighted by Gasteiger charge is 2.14. The Balaban J connectivity index is 2.19. The van der Waals surface area contributed by atoms with E-state index in [4.69, 9.17) is 26.8 Å². The molecule has 0 heterocycles. The fraction of sp³-hybridized carbons (Fsp3) is 0.333. The van der Waals surface area contributed by atoms with Gasteiger partial charge in [-0.3, -0.25) is 0 Å². The van der Waals surface area contributed by atoms with Crippen LogP contribution in [0.3, 0.4) is 0 Å². The summed E-state index contributed by atoms with van der Waals surface area (Å²) >= 11 is 6.15. The average molecular weight is 338 g/mol. The van der Waals surface area contributed by atoms with Crippen molar-refractivity contribution in [3.63, 3.8) is 0 Å². The van der Waals surface area contributed by atoms with Gasteiger partial charge < -0.3 is 15.2 Å². The molecule has 0 aliphatic carbocycles. The van der Waals surface area contributed by atoms with Crippen LogP contribution in [0.1, 0.15) is 24.0 Å². The molecule has 0 fully saturated rings. The lowest BCUT2D eigenvalue weighted by molar-refractivity contribution is 0.321. The summed E-state index contributed by atoms with van der Waals surface area (Å²) in [6, 6.07) is 10.6. The summed E-state index contributed by atoms with van der Waals surface area (Å²) in [4.78, 5) is 0. The second kappa shape index (κ2) is 8.18. The quantitative estimate of drug-likeness (QED) is 0.824. The van der Waals surface area contributed by atoms with Crippen LogP contribution in [0.2, 0.25) is 5.02 Å². The summed E-state index contributed by atoms with van der Waals surface area (Å²) in [6.45, 7) is 2.67. The van der Waals surface area contributed by atoms with Crippen molar-refractivity contribution in [1.82, 2.24) is 0 Å². The maximum absolute atomic E-state index is 14.0. The largest absolute Gasteiger partial charge is 0.495 e. The van der Waals surface area contributed by atoms with Gasteiger partial charge in [0.05, 0.1) is 18.7 Å². The number of hydrogen-bond acceptors (Lipinski definition) is 3. The molecule has 0 spiro atoms. The van der Waals surface area contributed by atoms with E-state index in [9.17, 15) is 4.39 Å². The molecule has 3 nitrogen and oxygen atoms in total. The topological polar surface area (TPSA) is 44.5 Å². The van der Waals surface area contributed by atoms with E-state index in [2.05, 4.69) is 0 Å². The van der Waals surface area contributed by atoms with Gasteiger partial charge in [-0.25, -0.2) is 4.39 Å². The van der Waals surface area contributed by atoms with Crippen molar-refractivity contribution in [2.45, 2.75) is 19.3 Å². The van der Waals surface area contributed by atoms with Crippen LogP contribution < -0.4 is 15.2 Å². The van der Waals surface area contributed by atoms with E-state index in [0.717, 1.165) is 11.1 Å². The smallest absolute Gasteiger partial charge is 0.165 e. The maximum Gasteiger partial charge on any atom is 0.165 e. The Bertz CT molecular complexity index is 663. The van der Waals surface area contributed by atoms with E-state index in [1.165, 1.54) is 6.07 Å². The normalized spacial score (nSPS) is 12.0. The van der Waals surface area contributed by atoms with E-state index >= 15 is 0 Å². The van der Waals surface area contributed by atoms with Crippen molar-refractivity contribution in [1.29, 1.82) is 0 Å². The minimum Gasteiger partial charge on any atom is -0.495 e. The fourth-order valence-corrected chi connectivity index (χ4v) is 2.78. The first-order chi connectivity index (χ1) is 11.1. The number of rotatable bonds is 7. The van der Waals surface area contributed by atoms with Gasteiger partial charge in [-0.05, 0) is 55.3 Å². The zero-order valence-corrected chi connectivity index (χ0v) is 14.1. The predicted octanol–water partition coefficient (Wildman–Crippen LogP) is 4.17. The third-order valence-electron chi connectivity index (χ3n) is 3.71. The Labute approximate surface area is 141 Å². The summed E-state index contributed by atoms with van der Waals surface area (Å²) in [5.41, 5.74) is 7.76. The van der Waals surface area contributed by atoms with Gasteiger partial charge in [0.25, 0.3) is 0 Å². The molecule has 2 rings (SSSR count). The Kier molecular flexibility index (Phi) is 6.25. The molecule has 0 radical (unpaired) electrons. The molecule has 2 aromatic carbocycles. The van der Waals surface area contributed by atoms with Gasteiger partial charge in [0, 0.05) is 5.92 Å². The van der Waals surface area contributed by atoms with Crippen molar-refractivity contribution < 1.29 is 13.9 Å². The van der Waals surface area contributed by atoms with Crippen molar-refractivity contribution in [3.8, 4) is 11.5 Å². The highest BCUT2D eigenvalue weighted by Crippen LogP contribution is 2.29. The lowest BCUT2D eigenvalue weighted by Gasteiger charge is -2.17. The second-order valence-corrected chi connectivity index (χ2v) is 5.64. The standard InChI is InChI=1S/C18H21ClFNO2/c1-3-23-18-7-5-13(10-16(18)20)14(11-21)8-12-4-6-17(22-2)15(19)9-12/h4-7,9-10,14H,3,8,11,21H2,1-2H3. The summed E-state index contributed by atoms with van der Waals surface area (Å²) in [5.74, 6) is 0.534. The molecule has 2 N–H and O–H groups in total. The van der Waals surface area contributed by atoms with Crippen LogP contribution in [-0.4, -0.2) is 20.3 Å². The third kappa shape index (κ3) is 4.36. The predicted molar refractivity (Wildman–Crippen MR) is 91.1 cm³/mol. The number of nitrogens with two attached hydrogens (primary N) is 1. The SMILES string of the molecule is CCOc1ccc(C(CN)Cc2ccc(OC)c(Cl)c2)cc1F. The van der Waals surface area contributed by atoms with Crippen LogP contribution in [0.25, 0.3) is 0 Å². The zero-order chi connectivity index (χ0) is 16.8. The number of hydrogen-bond donors (Lipinski definition) is 1. The number of methoxy groups -OCH3 is 1. The first-order valence-corrected chi connectivity index (χ1v) is 7.91. The molecule has 2 aromatic rings. The highest BCUT2D eigenvalue weighted by atomic mass is 35.5. The number of halogens is 2. The Morgan fingerprint density at radius 1 is 1.17 bits per heavy atom. The Morgan fingerprint density at radius 3 is 2.48 bits per heavy atom. The van der Waals surface area contributed by atoms with E-state index in [0.29, 0.717) is 30.3 Å². The van der Waals surface area contributed by atoms with Gasteiger partial charge in [0.2, 0.25) is 0 Å². The molecular formula is C18H21ClFNO2. The zero-order valence-electron chi connectivity index (χ0n) is 13.3. The van der Waals surface area contributed by atoms with Crippen LogP contribution in [0.15, 0.2) is 36.4 Å². The summed E-state index contributed by atoms with van der Waals surface area (Å²) < 4.78 is 24.4. The molecule has 5 heteroatoms. The molecule has 0 aliphatic heterocycles. The first kappa shape index (κ1) is 17.6. The van der Waals surface area contributed by atoms with Crippen molar-refractivity contribution in [2.75, 3.05) is 20.3 Å². The molecule has 124 valence electrons. The molecule has 0 bridgehead atoms. The van der Waals surface area contributed by atoms with Crippen LogP contribution >= 0.6 is 11.6 Å². The molecule has 0 saturated heterocycles. The highest BCUT2D eigenvalue weighted by molar-refractivity contribution is 6.32. The van der Waals surface area contributed by atoms with Crippen LogP contribution in [0.4, 0.5) is 4.39 Å². The second-order valence-electron chi connectivity index (χ2n) is 5.23. The molecule has 0 aromatic heterocycles. The van der Waals surface area contributed by atoms with Crippen molar-refractivity contribution >= 4 is 11.6 Å². The van der Waals surface area contributed by atoms with Gasteiger partial charge in [0.15, 0.2) is 11.6 Å².